The summed E-state index contributed by atoms with van der Waals surface area (Å²) >= 11 is 0. The van der Waals surface area contributed by atoms with E-state index in [1.807, 2.05) is 25.7 Å². The minimum atomic E-state index is -0.444. The van der Waals surface area contributed by atoms with E-state index in [0.717, 1.165) is 45.3 Å². The molecule has 1 saturated carbocycles. The zero-order valence-electron chi connectivity index (χ0n) is 16.0. The van der Waals surface area contributed by atoms with Gasteiger partial charge in [-0.1, -0.05) is 61.2 Å². The van der Waals surface area contributed by atoms with E-state index in [9.17, 15) is 4.79 Å². The summed E-state index contributed by atoms with van der Waals surface area (Å²) in [6.45, 7) is 10.3. The van der Waals surface area contributed by atoms with Crippen molar-refractivity contribution in [2.75, 3.05) is 19.6 Å². The van der Waals surface area contributed by atoms with Gasteiger partial charge in [0.05, 0.1) is 0 Å². The molecule has 0 bridgehead atoms. The highest BCUT2D eigenvalue weighted by Crippen LogP contribution is 2.53. The van der Waals surface area contributed by atoms with E-state index in [0.29, 0.717) is 0 Å². The minimum Gasteiger partial charge on any atom is -0.652 e. The third-order valence-corrected chi connectivity index (χ3v) is 5.23. The third kappa shape index (κ3) is 4.55. The first-order valence-corrected chi connectivity index (χ1v) is 9.44. The van der Waals surface area contributed by atoms with Crippen molar-refractivity contribution in [2.45, 2.75) is 64.5 Å². The molecule has 0 aromatic heterocycles. The van der Waals surface area contributed by atoms with Crippen molar-refractivity contribution < 1.29 is 9.53 Å². The molecule has 1 aromatic carbocycles. The molecule has 1 amide bonds. The van der Waals surface area contributed by atoms with Gasteiger partial charge in [-0.25, -0.2) is 4.79 Å². The van der Waals surface area contributed by atoms with Crippen molar-refractivity contribution in [1.29, 1.82) is 0 Å². The van der Waals surface area contributed by atoms with Crippen LogP contribution in [0.4, 0.5) is 4.79 Å². The molecule has 1 atom stereocenters. The summed E-state index contributed by atoms with van der Waals surface area (Å²) in [6.07, 6.45) is 4.22. The Morgan fingerprint density at radius 3 is 2.48 bits per heavy atom. The van der Waals surface area contributed by atoms with E-state index in [4.69, 9.17) is 10.1 Å². The van der Waals surface area contributed by atoms with E-state index >= 15 is 0 Å². The molecule has 3 rings (SSSR count). The number of hydrogen-bond donors (Lipinski definition) is 0. The van der Waals surface area contributed by atoms with Gasteiger partial charge in [0.1, 0.15) is 5.60 Å². The molecule has 4 nitrogen and oxygen atoms in total. The summed E-state index contributed by atoms with van der Waals surface area (Å²) in [5, 5.41) is 5.12. The predicted molar refractivity (Wildman–Crippen MR) is 101 cm³/mol. The summed E-state index contributed by atoms with van der Waals surface area (Å²) in [6, 6.07) is 10.6. The van der Waals surface area contributed by atoms with Gasteiger partial charge < -0.3 is 15.0 Å². The summed E-state index contributed by atoms with van der Waals surface area (Å²) < 4.78 is 5.55. The lowest BCUT2D eigenvalue weighted by Gasteiger charge is -2.47. The van der Waals surface area contributed by atoms with Crippen LogP contribution in [0.5, 0.6) is 0 Å². The van der Waals surface area contributed by atoms with Crippen LogP contribution in [-0.2, 0) is 10.3 Å². The molecule has 1 aliphatic heterocycles. The standard InChI is InChI=1S/C21H31N2O2/c1-19(2,3)25-18(24)23-14-8-11-20(4,16-23)15-22-21(12-13-21)17-9-6-5-7-10-17/h5-7,9-10H,8,11-16H2,1-4H3/q-1. The number of ether oxygens (including phenoxy) is 1. The first-order valence-electron chi connectivity index (χ1n) is 9.44. The fourth-order valence-electron chi connectivity index (χ4n) is 3.67. The Balaban J connectivity index is 1.59. The minimum absolute atomic E-state index is 0.0263. The monoisotopic (exact) mass is 343 g/mol. The number of benzene rings is 1. The molecule has 2 aliphatic rings. The van der Waals surface area contributed by atoms with Crippen molar-refractivity contribution >= 4 is 6.09 Å². The number of amides is 1. The van der Waals surface area contributed by atoms with Crippen LogP contribution in [0.2, 0.25) is 0 Å². The number of likely N-dealkylation sites (tertiary alicyclic amines) is 1. The van der Waals surface area contributed by atoms with Crippen LogP contribution in [0.1, 0.15) is 58.9 Å². The number of rotatable bonds is 4. The molecule has 0 spiro atoms. The highest BCUT2D eigenvalue weighted by Gasteiger charge is 2.37. The van der Waals surface area contributed by atoms with Gasteiger partial charge >= 0.3 is 6.09 Å². The van der Waals surface area contributed by atoms with Crippen LogP contribution < -0.4 is 0 Å². The molecule has 1 saturated heterocycles. The van der Waals surface area contributed by atoms with Gasteiger partial charge in [0, 0.05) is 13.1 Å². The zero-order valence-corrected chi connectivity index (χ0v) is 16.0. The summed E-state index contributed by atoms with van der Waals surface area (Å²) in [7, 11) is 0. The number of nitrogens with zero attached hydrogens (tertiary/aromatic N) is 2. The van der Waals surface area contributed by atoms with E-state index in [1.54, 1.807) is 0 Å². The normalized spacial score (nSPS) is 25.5. The van der Waals surface area contributed by atoms with Crippen LogP contribution in [-0.4, -0.2) is 36.2 Å². The Hall–Kier alpha value is -1.55. The summed E-state index contributed by atoms with van der Waals surface area (Å²) in [4.78, 5) is 14.3. The van der Waals surface area contributed by atoms with Crippen LogP contribution >= 0.6 is 0 Å². The third-order valence-electron chi connectivity index (χ3n) is 5.23. The lowest BCUT2D eigenvalue weighted by molar-refractivity contribution is 0.00840. The Labute approximate surface area is 151 Å². The summed E-state index contributed by atoms with van der Waals surface area (Å²) in [5.41, 5.74) is 0.956. The highest BCUT2D eigenvalue weighted by molar-refractivity contribution is 5.68. The van der Waals surface area contributed by atoms with E-state index in [1.165, 1.54) is 5.56 Å². The number of hydrogen-bond acceptors (Lipinski definition) is 2. The molecule has 138 valence electrons. The maximum Gasteiger partial charge on any atom is 0.410 e. The van der Waals surface area contributed by atoms with Crippen LogP contribution in [0.25, 0.3) is 5.32 Å². The van der Waals surface area contributed by atoms with E-state index in [2.05, 4.69) is 37.3 Å². The molecule has 1 aromatic rings. The fourth-order valence-corrected chi connectivity index (χ4v) is 3.67. The zero-order chi connectivity index (χ0) is 18.1. The van der Waals surface area contributed by atoms with Gasteiger partial charge in [-0.2, -0.15) is 0 Å². The van der Waals surface area contributed by atoms with Gasteiger partial charge in [-0.15, -0.1) is 6.54 Å². The molecular weight excluding hydrogens is 312 g/mol. The fraction of sp³-hybridized carbons (Fsp3) is 0.667. The van der Waals surface area contributed by atoms with E-state index in [-0.39, 0.29) is 17.0 Å². The van der Waals surface area contributed by atoms with Gasteiger partial charge in [0.2, 0.25) is 0 Å². The SMILES string of the molecule is CC1(C[N-]C2(c3ccccc3)CC2)CCCN(C(=O)OC(C)(C)C)C1. The lowest BCUT2D eigenvalue weighted by atomic mass is 9.81. The second-order valence-electron chi connectivity index (χ2n) is 9.03. The molecule has 0 N–H and O–H groups in total. The van der Waals surface area contributed by atoms with Crippen LogP contribution in [0, 0.1) is 5.41 Å². The first-order chi connectivity index (χ1) is 11.7. The molecule has 4 heteroatoms. The molecular formula is C21H31N2O2-. The van der Waals surface area contributed by atoms with Crippen LogP contribution in [0.3, 0.4) is 0 Å². The van der Waals surface area contributed by atoms with Crippen molar-refractivity contribution in [3.8, 4) is 0 Å². The average molecular weight is 343 g/mol. The Morgan fingerprint density at radius 2 is 1.88 bits per heavy atom. The largest absolute Gasteiger partial charge is 0.652 e. The Bertz CT molecular complexity index is 604. The van der Waals surface area contributed by atoms with E-state index < -0.39 is 5.60 Å². The van der Waals surface area contributed by atoms with Crippen molar-refractivity contribution in [3.63, 3.8) is 0 Å². The molecule has 1 unspecified atom stereocenters. The summed E-state index contributed by atoms with van der Waals surface area (Å²) in [5.74, 6) is 0. The number of piperidine rings is 1. The van der Waals surface area contributed by atoms with Gasteiger partial charge in [0.15, 0.2) is 0 Å². The lowest BCUT2D eigenvalue weighted by Crippen LogP contribution is -2.48. The van der Waals surface area contributed by atoms with Crippen molar-refractivity contribution in [1.82, 2.24) is 4.90 Å². The molecule has 0 radical (unpaired) electrons. The molecule has 1 heterocycles. The van der Waals surface area contributed by atoms with Crippen molar-refractivity contribution in [2.24, 2.45) is 5.41 Å². The second-order valence-corrected chi connectivity index (χ2v) is 9.03. The van der Waals surface area contributed by atoms with Gasteiger partial charge in [-0.05, 0) is 39.0 Å². The molecule has 1 aliphatic carbocycles. The average Bonchev–Trinajstić information content (AvgIpc) is 3.34. The van der Waals surface area contributed by atoms with Gasteiger partial charge in [-0.3, -0.25) is 0 Å². The first kappa shape index (κ1) is 18.2. The maximum absolute atomic E-state index is 12.4. The van der Waals surface area contributed by atoms with Crippen LogP contribution in [0.15, 0.2) is 30.3 Å². The second kappa shape index (κ2) is 6.64. The Kier molecular flexibility index (Phi) is 4.84. The predicted octanol–water partition coefficient (Wildman–Crippen LogP) is 5.09. The maximum atomic E-state index is 12.4. The highest BCUT2D eigenvalue weighted by atomic mass is 16.6. The smallest absolute Gasteiger partial charge is 0.410 e. The number of carbonyl (C=O) groups excluding carboxylic acids is 1. The number of carbonyl (C=O) groups is 1. The molecule has 25 heavy (non-hydrogen) atoms. The quantitative estimate of drug-likeness (QED) is 0.764. The Morgan fingerprint density at radius 1 is 1.20 bits per heavy atom. The van der Waals surface area contributed by atoms with Crippen molar-refractivity contribution in [3.05, 3.63) is 41.2 Å². The topological polar surface area (TPSA) is 43.6 Å². The van der Waals surface area contributed by atoms with Gasteiger partial charge in [0.25, 0.3) is 0 Å². The molecule has 2 fully saturated rings.